The van der Waals surface area contributed by atoms with Crippen LogP contribution in [0.3, 0.4) is 0 Å². The second kappa shape index (κ2) is 5.71. The summed E-state index contributed by atoms with van der Waals surface area (Å²) in [6.45, 7) is 7.12. The number of aryl methyl sites for hydroxylation is 1. The average Bonchev–Trinajstić information content (AvgIpc) is 2.15. The van der Waals surface area contributed by atoms with Crippen LogP contribution in [0.4, 0.5) is 5.82 Å². The van der Waals surface area contributed by atoms with Crippen molar-refractivity contribution in [3.63, 3.8) is 0 Å². The molecule has 0 amide bonds. The highest BCUT2D eigenvalue weighted by Gasteiger charge is 2.14. The Balaban J connectivity index is 3.00. The standard InChI is InChI=1S/C11H16BrClN2/c1-8(2)15(5-4-13)11-10(12)6-9(3)7-14-11/h6-8H,4-5H2,1-3H3. The van der Waals surface area contributed by atoms with E-state index in [9.17, 15) is 0 Å². The van der Waals surface area contributed by atoms with Gasteiger partial charge in [-0.15, -0.1) is 11.6 Å². The van der Waals surface area contributed by atoms with Crippen LogP contribution in [0, 0.1) is 6.92 Å². The first-order chi connectivity index (χ1) is 7.06. The molecule has 0 aliphatic rings. The molecule has 2 nitrogen and oxygen atoms in total. The molecule has 0 spiro atoms. The van der Waals surface area contributed by atoms with Gasteiger partial charge < -0.3 is 4.90 Å². The molecule has 0 saturated heterocycles. The fraction of sp³-hybridized carbons (Fsp3) is 0.545. The summed E-state index contributed by atoms with van der Waals surface area (Å²) < 4.78 is 1.03. The van der Waals surface area contributed by atoms with Gasteiger partial charge in [-0.3, -0.25) is 0 Å². The summed E-state index contributed by atoms with van der Waals surface area (Å²) in [7, 11) is 0. The third kappa shape index (κ3) is 3.35. The van der Waals surface area contributed by atoms with Crippen LogP contribution in [0.15, 0.2) is 16.7 Å². The van der Waals surface area contributed by atoms with Crippen LogP contribution in [0.1, 0.15) is 19.4 Å². The molecule has 0 saturated carbocycles. The van der Waals surface area contributed by atoms with E-state index < -0.39 is 0 Å². The fourth-order valence-corrected chi connectivity index (χ4v) is 2.31. The average molecular weight is 292 g/mol. The van der Waals surface area contributed by atoms with Crippen LogP contribution in [0.25, 0.3) is 0 Å². The first kappa shape index (κ1) is 12.8. The summed E-state index contributed by atoms with van der Waals surface area (Å²) in [6, 6.07) is 2.47. The van der Waals surface area contributed by atoms with Gasteiger partial charge in [0.05, 0.1) is 4.47 Å². The molecule has 1 rings (SSSR count). The Kier molecular flexibility index (Phi) is 4.87. The molecule has 0 fully saturated rings. The normalized spacial score (nSPS) is 10.8. The van der Waals surface area contributed by atoms with Crippen LogP contribution in [-0.2, 0) is 0 Å². The number of pyridine rings is 1. The zero-order valence-corrected chi connectivity index (χ0v) is 11.6. The minimum absolute atomic E-state index is 0.398. The molecule has 84 valence electrons. The highest BCUT2D eigenvalue weighted by Crippen LogP contribution is 2.25. The number of halogens is 2. The van der Waals surface area contributed by atoms with E-state index in [1.165, 1.54) is 0 Å². The first-order valence-electron chi connectivity index (χ1n) is 5.01. The van der Waals surface area contributed by atoms with Crippen LogP contribution in [0.2, 0.25) is 0 Å². The highest BCUT2D eigenvalue weighted by atomic mass is 79.9. The van der Waals surface area contributed by atoms with Crippen molar-refractivity contribution < 1.29 is 0 Å². The van der Waals surface area contributed by atoms with Crippen molar-refractivity contribution in [2.75, 3.05) is 17.3 Å². The van der Waals surface area contributed by atoms with Crippen molar-refractivity contribution in [1.82, 2.24) is 4.98 Å². The molecule has 0 aromatic carbocycles. The van der Waals surface area contributed by atoms with Crippen molar-refractivity contribution in [3.8, 4) is 0 Å². The lowest BCUT2D eigenvalue weighted by Crippen LogP contribution is -2.33. The van der Waals surface area contributed by atoms with Crippen molar-refractivity contribution in [3.05, 3.63) is 22.3 Å². The summed E-state index contributed by atoms with van der Waals surface area (Å²) in [5, 5.41) is 0. The maximum atomic E-state index is 5.79. The molecule has 4 heteroatoms. The molecule has 0 radical (unpaired) electrons. The fourth-order valence-electron chi connectivity index (χ4n) is 1.44. The summed E-state index contributed by atoms with van der Waals surface area (Å²) in [4.78, 5) is 6.63. The SMILES string of the molecule is Cc1cnc(N(CCCl)C(C)C)c(Br)c1. The number of rotatable bonds is 4. The van der Waals surface area contributed by atoms with E-state index >= 15 is 0 Å². The zero-order valence-electron chi connectivity index (χ0n) is 9.30. The van der Waals surface area contributed by atoms with E-state index in [1.54, 1.807) is 0 Å². The van der Waals surface area contributed by atoms with Crippen molar-refractivity contribution in [2.45, 2.75) is 26.8 Å². The Morgan fingerprint density at radius 1 is 1.53 bits per heavy atom. The predicted octanol–water partition coefficient (Wildman–Crippen LogP) is 3.61. The van der Waals surface area contributed by atoms with Crippen molar-refractivity contribution in [2.24, 2.45) is 0 Å². The summed E-state index contributed by atoms with van der Waals surface area (Å²) in [6.07, 6.45) is 1.88. The number of aromatic nitrogens is 1. The zero-order chi connectivity index (χ0) is 11.4. The monoisotopic (exact) mass is 290 g/mol. The van der Waals surface area contributed by atoms with Crippen molar-refractivity contribution >= 4 is 33.3 Å². The van der Waals surface area contributed by atoms with E-state index in [2.05, 4.69) is 45.7 Å². The van der Waals surface area contributed by atoms with Crippen LogP contribution in [-0.4, -0.2) is 23.5 Å². The lowest BCUT2D eigenvalue weighted by molar-refractivity contribution is 0.693. The number of alkyl halides is 1. The van der Waals surface area contributed by atoms with Gasteiger partial charge in [0, 0.05) is 24.7 Å². The molecule has 0 bridgehead atoms. The Morgan fingerprint density at radius 3 is 2.67 bits per heavy atom. The Morgan fingerprint density at radius 2 is 2.20 bits per heavy atom. The van der Waals surface area contributed by atoms with E-state index in [4.69, 9.17) is 11.6 Å². The van der Waals surface area contributed by atoms with Gasteiger partial charge in [0.1, 0.15) is 5.82 Å². The van der Waals surface area contributed by atoms with Crippen LogP contribution < -0.4 is 4.90 Å². The number of nitrogens with zero attached hydrogens (tertiary/aromatic N) is 2. The van der Waals surface area contributed by atoms with Gasteiger partial charge in [0.25, 0.3) is 0 Å². The van der Waals surface area contributed by atoms with Gasteiger partial charge in [0.2, 0.25) is 0 Å². The number of hydrogen-bond donors (Lipinski definition) is 0. The molecule has 0 N–H and O–H groups in total. The van der Waals surface area contributed by atoms with Crippen molar-refractivity contribution in [1.29, 1.82) is 0 Å². The molecule has 0 aliphatic carbocycles. The molecule has 0 unspecified atom stereocenters. The Hall–Kier alpha value is -0.280. The van der Waals surface area contributed by atoms with Crippen LogP contribution in [0.5, 0.6) is 0 Å². The predicted molar refractivity (Wildman–Crippen MR) is 69.9 cm³/mol. The minimum atomic E-state index is 0.398. The summed E-state index contributed by atoms with van der Waals surface area (Å²) in [5.74, 6) is 1.58. The van der Waals surface area contributed by atoms with Gasteiger partial charge in [-0.2, -0.15) is 0 Å². The van der Waals surface area contributed by atoms with Gasteiger partial charge in [-0.05, 0) is 48.3 Å². The third-order valence-electron chi connectivity index (χ3n) is 2.18. The molecular weight excluding hydrogens is 275 g/mol. The smallest absolute Gasteiger partial charge is 0.143 e. The van der Waals surface area contributed by atoms with E-state index in [-0.39, 0.29) is 0 Å². The lowest BCUT2D eigenvalue weighted by atomic mass is 10.2. The Bertz CT molecular complexity index is 328. The lowest BCUT2D eigenvalue weighted by Gasteiger charge is -2.28. The second-order valence-electron chi connectivity index (χ2n) is 3.79. The summed E-state index contributed by atoms with van der Waals surface area (Å²) >= 11 is 9.33. The molecule has 1 aromatic rings. The number of hydrogen-bond acceptors (Lipinski definition) is 2. The quantitative estimate of drug-likeness (QED) is 0.788. The molecular formula is C11H16BrClN2. The molecule has 1 heterocycles. The maximum Gasteiger partial charge on any atom is 0.143 e. The minimum Gasteiger partial charge on any atom is -0.352 e. The second-order valence-corrected chi connectivity index (χ2v) is 5.03. The van der Waals surface area contributed by atoms with Gasteiger partial charge >= 0.3 is 0 Å². The highest BCUT2D eigenvalue weighted by molar-refractivity contribution is 9.10. The topological polar surface area (TPSA) is 16.1 Å². The van der Waals surface area contributed by atoms with Gasteiger partial charge in [-0.25, -0.2) is 4.98 Å². The van der Waals surface area contributed by atoms with E-state index in [0.717, 1.165) is 22.4 Å². The first-order valence-corrected chi connectivity index (χ1v) is 6.33. The van der Waals surface area contributed by atoms with E-state index in [0.29, 0.717) is 11.9 Å². The van der Waals surface area contributed by atoms with Gasteiger partial charge in [0.15, 0.2) is 0 Å². The van der Waals surface area contributed by atoms with Gasteiger partial charge in [-0.1, -0.05) is 0 Å². The Labute approximate surface area is 105 Å². The number of anilines is 1. The van der Waals surface area contributed by atoms with Crippen LogP contribution >= 0.6 is 27.5 Å². The molecule has 1 aromatic heterocycles. The molecule has 15 heavy (non-hydrogen) atoms. The third-order valence-corrected chi connectivity index (χ3v) is 2.93. The molecule has 0 atom stereocenters. The van der Waals surface area contributed by atoms with E-state index in [1.807, 2.05) is 13.1 Å². The molecule has 0 aliphatic heterocycles. The summed E-state index contributed by atoms with van der Waals surface area (Å²) in [5.41, 5.74) is 1.15. The maximum absolute atomic E-state index is 5.79. The largest absolute Gasteiger partial charge is 0.352 e.